The van der Waals surface area contributed by atoms with E-state index in [1.807, 2.05) is 0 Å². The van der Waals surface area contributed by atoms with Crippen LogP contribution in [0.3, 0.4) is 0 Å². The van der Waals surface area contributed by atoms with Crippen molar-refractivity contribution in [3.8, 4) is 0 Å². The number of carbonyl (C=O) groups excluding carboxylic acids is 1. The highest BCUT2D eigenvalue weighted by molar-refractivity contribution is 6.35. The molecule has 82 valence electrons. The van der Waals surface area contributed by atoms with E-state index < -0.39 is 0 Å². The van der Waals surface area contributed by atoms with Crippen LogP contribution in [0, 0.1) is 0 Å². The second kappa shape index (κ2) is 5.83. The van der Waals surface area contributed by atoms with E-state index in [1.54, 1.807) is 18.2 Å². The van der Waals surface area contributed by atoms with Gasteiger partial charge in [-0.05, 0) is 24.6 Å². The second-order valence-electron chi connectivity index (χ2n) is 3.15. The average molecular weight is 247 g/mol. The van der Waals surface area contributed by atoms with E-state index in [9.17, 15) is 4.79 Å². The Hall–Kier alpha value is -0.930. The van der Waals surface area contributed by atoms with Crippen LogP contribution in [0.1, 0.15) is 12.8 Å². The van der Waals surface area contributed by atoms with Gasteiger partial charge < -0.3 is 11.1 Å². The van der Waals surface area contributed by atoms with Crippen molar-refractivity contribution in [2.45, 2.75) is 12.8 Å². The molecular formula is C10H12Cl2N2O. The van der Waals surface area contributed by atoms with Crippen molar-refractivity contribution in [3.05, 3.63) is 28.2 Å². The van der Waals surface area contributed by atoms with Crippen LogP contribution in [0.2, 0.25) is 10.0 Å². The van der Waals surface area contributed by atoms with E-state index in [1.165, 1.54) is 0 Å². The fourth-order valence-electron chi connectivity index (χ4n) is 1.15. The first-order valence-corrected chi connectivity index (χ1v) is 5.32. The standard InChI is InChI=1S/C10H12Cl2N2O/c11-7-4-8(12)6-9(5-7)14-3-1-2-10(13)15/h4-6,14H,1-3H2,(H2,13,15). The van der Waals surface area contributed by atoms with Crippen LogP contribution in [-0.2, 0) is 4.79 Å². The number of hydrogen-bond acceptors (Lipinski definition) is 2. The number of nitrogens with two attached hydrogens (primary N) is 1. The van der Waals surface area contributed by atoms with Gasteiger partial charge in [0.1, 0.15) is 0 Å². The zero-order valence-electron chi connectivity index (χ0n) is 8.09. The predicted molar refractivity (Wildman–Crippen MR) is 63.4 cm³/mol. The van der Waals surface area contributed by atoms with Crippen molar-refractivity contribution in [2.75, 3.05) is 11.9 Å². The number of nitrogens with one attached hydrogen (secondary N) is 1. The number of hydrogen-bond donors (Lipinski definition) is 2. The molecule has 1 aromatic rings. The summed E-state index contributed by atoms with van der Waals surface area (Å²) in [4.78, 5) is 10.5. The number of halogens is 2. The molecule has 0 heterocycles. The minimum absolute atomic E-state index is 0.291. The molecule has 0 saturated carbocycles. The SMILES string of the molecule is NC(=O)CCCNc1cc(Cl)cc(Cl)c1. The van der Waals surface area contributed by atoms with Gasteiger partial charge in [0.25, 0.3) is 0 Å². The fourth-order valence-corrected chi connectivity index (χ4v) is 1.68. The van der Waals surface area contributed by atoms with Crippen LogP contribution in [0.15, 0.2) is 18.2 Å². The number of anilines is 1. The summed E-state index contributed by atoms with van der Waals surface area (Å²) in [6.07, 6.45) is 1.07. The Bertz CT molecular complexity index is 335. The van der Waals surface area contributed by atoms with Crippen molar-refractivity contribution in [3.63, 3.8) is 0 Å². The molecule has 0 aliphatic heterocycles. The summed E-state index contributed by atoms with van der Waals surface area (Å²) < 4.78 is 0. The van der Waals surface area contributed by atoms with Crippen molar-refractivity contribution in [2.24, 2.45) is 5.73 Å². The molecule has 0 aliphatic rings. The Morgan fingerprint density at radius 3 is 2.40 bits per heavy atom. The molecule has 1 rings (SSSR count). The van der Waals surface area contributed by atoms with Crippen molar-refractivity contribution in [1.29, 1.82) is 0 Å². The van der Waals surface area contributed by atoms with Gasteiger partial charge in [-0.25, -0.2) is 0 Å². The lowest BCUT2D eigenvalue weighted by Gasteiger charge is -2.06. The van der Waals surface area contributed by atoms with Crippen LogP contribution < -0.4 is 11.1 Å². The maximum Gasteiger partial charge on any atom is 0.217 e. The number of amides is 1. The van der Waals surface area contributed by atoms with Crippen LogP contribution in [0.25, 0.3) is 0 Å². The molecule has 3 nitrogen and oxygen atoms in total. The van der Waals surface area contributed by atoms with Crippen LogP contribution in [-0.4, -0.2) is 12.5 Å². The molecule has 0 unspecified atom stereocenters. The average Bonchev–Trinajstić information content (AvgIpc) is 2.10. The molecule has 0 saturated heterocycles. The third-order valence-electron chi connectivity index (χ3n) is 1.79. The molecule has 0 aliphatic carbocycles. The summed E-state index contributed by atoms with van der Waals surface area (Å²) >= 11 is 11.6. The van der Waals surface area contributed by atoms with Crippen LogP contribution >= 0.6 is 23.2 Å². The summed E-state index contributed by atoms with van der Waals surface area (Å²) in [7, 11) is 0. The Morgan fingerprint density at radius 2 is 1.87 bits per heavy atom. The summed E-state index contributed by atoms with van der Waals surface area (Å²) in [6, 6.07) is 5.22. The quantitative estimate of drug-likeness (QED) is 0.786. The van der Waals surface area contributed by atoms with Gasteiger partial charge in [0.05, 0.1) is 0 Å². The molecule has 0 aromatic heterocycles. The number of carbonyl (C=O) groups is 1. The van der Waals surface area contributed by atoms with Crippen LogP contribution in [0.5, 0.6) is 0 Å². The Balaban J connectivity index is 2.40. The zero-order chi connectivity index (χ0) is 11.3. The van der Waals surface area contributed by atoms with Gasteiger partial charge in [0.15, 0.2) is 0 Å². The van der Waals surface area contributed by atoms with Gasteiger partial charge in [-0.2, -0.15) is 0 Å². The normalized spacial score (nSPS) is 10.0. The summed E-state index contributed by atoms with van der Waals surface area (Å²) in [5.74, 6) is -0.291. The number of primary amides is 1. The maximum absolute atomic E-state index is 10.5. The monoisotopic (exact) mass is 246 g/mol. The fraction of sp³-hybridized carbons (Fsp3) is 0.300. The third kappa shape index (κ3) is 4.91. The van der Waals surface area contributed by atoms with Crippen molar-refractivity contribution in [1.82, 2.24) is 0 Å². The van der Waals surface area contributed by atoms with E-state index in [0.717, 1.165) is 5.69 Å². The summed E-state index contributed by atoms with van der Waals surface area (Å²) in [5.41, 5.74) is 5.86. The highest BCUT2D eigenvalue weighted by Crippen LogP contribution is 2.22. The lowest BCUT2D eigenvalue weighted by molar-refractivity contribution is -0.118. The van der Waals surface area contributed by atoms with Crippen molar-refractivity contribution >= 4 is 34.8 Å². The van der Waals surface area contributed by atoms with Gasteiger partial charge >= 0.3 is 0 Å². The molecule has 0 atom stereocenters. The zero-order valence-corrected chi connectivity index (χ0v) is 9.61. The first kappa shape index (κ1) is 12.1. The highest BCUT2D eigenvalue weighted by atomic mass is 35.5. The molecule has 0 bridgehead atoms. The Labute approximate surface area is 98.5 Å². The lowest BCUT2D eigenvalue weighted by atomic mass is 10.2. The number of rotatable bonds is 5. The molecule has 5 heteroatoms. The van der Waals surface area contributed by atoms with E-state index in [4.69, 9.17) is 28.9 Å². The predicted octanol–water partition coefficient (Wildman–Crippen LogP) is 2.67. The van der Waals surface area contributed by atoms with E-state index in [0.29, 0.717) is 29.4 Å². The van der Waals surface area contributed by atoms with Gasteiger partial charge in [-0.1, -0.05) is 23.2 Å². The van der Waals surface area contributed by atoms with Crippen molar-refractivity contribution < 1.29 is 4.79 Å². The minimum Gasteiger partial charge on any atom is -0.385 e. The molecule has 0 spiro atoms. The van der Waals surface area contributed by atoms with E-state index in [2.05, 4.69) is 5.32 Å². The Kier molecular flexibility index (Phi) is 4.72. The second-order valence-corrected chi connectivity index (χ2v) is 4.03. The first-order chi connectivity index (χ1) is 7.08. The molecule has 1 aromatic carbocycles. The smallest absolute Gasteiger partial charge is 0.217 e. The van der Waals surface area contributed by atoms with Gasteiger partial charge in [0, 0.05) is 28.7 Å². The topological polar surface area (TPSA) is 55.1 Å². The molecular weight excluding hydrogens is 235 g/mol. The van der Waals surface area contributed by atoms with E-state index in [-0.39, 0.29) is 5.91 Å². The lowest BCUT2D eigenvalue weighted by Crippen LogP contribution is -2.12. The van der Waals surface area contributed by atoms with Gasteiger partial charge in [0.2, 0.25) is 5.91 Å². The Morgan fingerprint density at radius 1 is 1.27 bits per heavy atom. The van der Waals surface area contributed by atoms with Gasteiger partial charge in [-0.3, -0.25) is 4.79 Å². The number of benzene rings is 1. The minimum atomic E-state index is -0.291. The third-order valence-corrected chi connectivity index (χ3v) is 2.23. The largest absolute Gasteiger partial charge is 0.385 e. The van der Waals surface area contributed by atoms with E-state index >= 15 is 0 Å². The summed E-state index contributed by atoms with van der Waals surface area (Å²) in [6.45, 7) is 0.666. The first-order valence-electron chi connectivity index (χ1n) is 4.56. The maximum atomic E-state index is 10.5. The molecule has 1 amide bonds. The highest BCUT2D eigenvalue weighted by Gasteiger charge is 1.98. The molecule has 15 heavy (non-hydrogen) atoms. The van der Waals surface area contributed by atoms with Gasteiger partial charge in [-0.15, -0.1) is 0 Å². The molecule has 0 radical (unpaired) electrons. The molecule has 0 fully saturated rings. The molecule has 3 N–H and O–H groups in total. The van der Waals surface area contributed by atoms with Crippen LogP contribution in [0.4, 0.5) is 5.69 Å². The summed E-state index contributed by atoms with van der Waals surface area (Å²) in [5, 5.41) is 4.27.